The predicted molar refractivity (Wildman–Crippen MR) is 144 cm³/mol. The largest absolute Gasteiger partial charge is 0.444 e. The molecule has 4 heterocycles. The zero-order chi connectivity index (χ0) is 25.3. The number of anilines is 1. The Bertz CT molecular complexity index is 1200. The number of ether oxygens (including phenoxy) is 1. The van der Waals surface area contributed by atoms with Crippen LogP contribution >= 0.6 is 11.6 Å². The Kier molecular flexibility index (Phi) is 7.11. The highest BCUT2D eigenvalue weighted by Gasteiger charge is 2.33. The van der Waals surface area contributed by atoms with E-state index in [2.05, 4.69) is 32.4 Å². The normalized spacial score (nSPS) is 21.5. The molecule has 36 heavy (non-hydrogen) atoms. The summed E-state index contributed by atoms with van der Waals surface area (Å²) in [5, 5.41) is 5.21. The third-order valence-electron chi connectivity index (χ3n) is 7.54. The second-order valence-electron chi connectivity index (χ2n) is 11.2. The van der Waals surface area contributed by atoms with Gasteiger partial charge < -0.3 is 19.9 Å². The summed E-state index contributed by atoms with van der Waals surface area (Å²) in [6.07, 6.45) is 10.4. The molecule has 0 radical (unpaired) electrons. The molecule has 0 unspecified atom stereocenters. The van der Waals surface area contributed by atoms with Crippen LogP contribution in [0.4, 0.5) is 10.6 Å². The second kappa shape index (κ2) is 10.3. The minimum atomic E-state index is -0.440. The molecule has 5 rings (SSSR count). The quantitative estimate of drug-likeness (QED) is 0.374. The fourth-order valence-corrected chi connectivity index (χ4v) is 5.95. The smallest absolute Gasteiger partial charge is 0.410 e. The highest BCUT2D eigenvalue weighted by atomic mass is 35.5. The molecule has 1 aliphatic heterocycles. The second-order valence-corrected chi connectivity index (χ2v) is 11.6. The van der Waals surface area contributed by atoms with Gasteiger partial charge in [0.25, 0.3) is 0 Å². The van der Waals surface area contributed by atoms with Crippen LogP contribution in [0, 0.1) is 11.8 Å². The molecule has 192 valence electrons. The zero-order valence-corrected chi connectivity index (χ0v) is 22.1. The van der Waals surface area contributed by atoms with Gasteiger partial charge in [0.1, 0.15) is 22.2 Å². The van der Waals surface area contributed by atoms with Crippen molar-refractivity contribution in [2.45, 2.75) is 70.9 Å². The average molecular weight is 510 g/mol. The first-order valence-electron chi connectivity index (χ1n) is 13.1. The van der Waals surface area contributed by atoms with Gasteiger partial charge in [-0.1, -0.05) is 11.6 Å². The maximum absolute atomic E-state index is 12.4. The molecule has 2 N–H and O–H groups in total. The minimum Gasteiger partial charge on any atom is -0.444 e. The molecular weight excluding hydrogens is 474 g/mol. The van der Waals surface area contributed by atoms with Gasteiger partial charge in [-0.05, 0) is 101 Å². The fraction of sp³-hybridized carbons (Fsp3) is 0.536. The van der Waals surface area contributed by atoms with Crippen LogP contribution in [0.5, 0.6) is 0 Å². The lowest BCUT2D eigenvalue weighted by Gasteiger charge is -2.39. The third-order valence-corrected chi connectivity index (χ3v) is 7.73. The van der Waals surface area contributed by atoms with Crippen LogP contribution in [-0.2, 0) is 4.74 Å². The first kappa shape index (κ1) is 24.9. The SMILES string of the molecule is CC(C)(C)OC(=O)N1CCC(C2CCC(Nc3cc(-c4c[nH]c5ncccc45)cc(Cl)n3)CC2)CC1. The molecular formula is C28H36ClN5O2. The molecule has 8 heteroatoms. The number of carbonyl (C=O) groups excluding carboxylic acids is 1. The van der Waals surface area contributed by atoms with Crippen molar-refractivity contribution < 1.29 is 9.53 Å². The van der Waals surface area contributed by atoms with Crippen molar-refractivity contribution in [1.82, 2.24) is 19.9 Å². The van der Waals surface area contributed by atoms with Crippen molar-refractivity contribution in [3.63, 3.8) is 0 Å². The Morgan fingerprint density at radius 2 is 1.83 bits per heavy atom. The summed E-state index contributed by atoms with van der Waals surface area (Å²) in [6, 6.07) is 8.39. The Morgan fingerprint density at radius 1 is 1.11 bits per heavy atom. The van der Waals surface area contributed by atoms with Gasteiger partial charge in [-0.15, -0.1) is 0 Å². The summed E-state index contributed by atoms with van der Waals surface area (Å²) in [5.74, 6) is 2.24. The van der Waals surface area contributed by atoms with Gasteiger partial charge in [0.2, 0.25) is 0 Å². The highest BCUT2D eigenvalue weighted by molar-refractivity contribution is 6.29. The molecule has 3 aromatic heterocycles. The van der Waals surface area contributed by atoms with E-state index < -0.39 is 5.60 Å². The third kappa shape index (κ3) is 5.77. The van der Waals surface area contributed by atoms with E-state index in [0.29, 0.717) is 17.1 Å². The van der Waals surface area contributed by atoms with Crippen LogP contribution < -0.4 is 5.32 Å². The lowest BCUT2D eigenvalue weighted by molar-refractivity contribution is 0.0148. The van der Waals surface area contributed by atoms with Crippen LogP contribution in [0.1, 0.15) is 59.3 Å². The number of aromatic nitrogens is 3. The molecule has 3 aromatic rings. The van der Waals surface area contributed by atoms with E-state index in [1.807, 2.05) is 44.0 Å². The van der Waals surface area contributed by atoms with Crippen molar-refractivity contribution in [3.05, 3.63) is 41.8 Å². The molecule has 1 aliphatic carbocycles. The standard InChI is InChI=1S/C28H36ClN5O2/c1-28(2,3)36-27(35)34-13-10-19(11-14-34)18-6-8-21(9-7-18)32-25-16-20(15-24(29)33-25)23-17-31-26-22(23)5-4-12-30-26/h4-5,12,15-19,21H,6-11,13-14H2,1-3H3,(H,30,31)(H,32,33). The number of pyridine rings is 2. The first-order chi connectivity index (χ1) is 17.2. The van der Waals surface area contributed by atoms with E-state index >= 15 is 0 Å². The molecule has 7 nitrogen and oxygen atoms in total. The number of piperidine rings is 1. The molecule has 2 aliphatic rings. The van der Waals surface area contributed by atoms with E-state index in [1.54, 1.807) is 6.20 Å². The Balaban J connectivity index is 1.15. The molecule has 0 bridgehead atoms. The van der Waals surface area contributed by atoms with Crippen molar-refractivity contribution in [1.29, 1.82) is 0 Å². The molecule has 0 aromatic carbocycles. The summed E-state index contributed by atoms with van der Waals surface area (Å²) in [5.41, 5.74) is 2.53. The molecule has 1 saturated carbocycles. The van der Waals surface area contributed by atoms with Crippen LogP contribution in [0.3, 0.4) is 0 Å². The monoisotopic (exact) mass is 509 g/mol. The summed E-state index contributed by atoms with van der Waals surface area (Å²) in [4.78, 5) is 26.4. The minimum absolute atomic E-state index is 0.175. The van der Waals surface area contributed by atoms with Crippen LogP contribution in [-0.4, -0.2) is 50.7 Å². The molecule has 0 atom stereocenters. The molecule has 0 spiro atoms. The lowest BCUT2D eigenvalue weighted by atomic mass is 9.74. The fourth-order valence-electron chi connectivity index (χ4n) is 5.75. The molecule has 1 amide bonds. The van der Waals surface area contributed by atoms with Gasteiger partial charge in [0, 0.05) is 42.5 Å². The number of hydrogen-bond donors (Lipinski definition) is 2. The Morgan fingerprint density at radius 3 is 2.56 bits per heavy atom. The first-order valence-corrected chi connectivity index (χ1v) is 13.5. The number of rotatable bonds is 4. The van der Waals surface area contributed by atoms with E-state index in [0.717, 1.165) is 72.7 Å². The van der Waals surface area contributed by atoms with Crippen molar-refractivity contribution >= 4 is 34.5 Å². The van der Waals surface area contributed by atoms with Crippen molar-refractivity contribution in [2.75, 3.05) is 18.4 Å². The van der Waals surface area contributed by atoms with Crippen LogP contribution in [0.15, 0.2) is 36.7 Å². The number of hydrogen-bond acceptors (Lipinski definition) is 5. The highest BCUT2D eigenvalue weighted by Crippen LogP contribution is 2.37. The number of H-pyrrole nitrogens is 1. The average Bonchev–Trinajstić information content (AvgIpc) is 3.28. The number of fused-ring (bicyclic) bond motifs is 1. The maximum atomic E-state index is 12.4. The van der Waals surface area contributed by atoms with Gasteiger partial charge >= 0.3 is 6.09 Å². The number of likely N-dealkylation sites (tertiary alicyclic amines) is 1. The molecule has 2 fully saturated rings. The predicted octanol–water partition coefficient (Wildman–Crippen LogP) is 6.90. The van der Waals surface area contributed by atoms with Gasteiger partial charge in [-0.25, -0.2) is 14.8 Å². The van der Waals surface area contributed by atoms with Gasteiger partial charge in [-0.3, -0.25) is 0 Å². The summed E-state index contributed by atoms with van der Waals surface area (Å²) in [7, 11) is 0. The van der Waals surface area contributed by atoms with Gasteiger partial charge in [0.05, 0.1) is 0 Å². The van der Waals surface area contributed by atoms with E-state index in [1.165, 1.54) is 12.8 Å². The number of carbonyl (C=O) groups is 1. The summed E-state index contributed by atoms with van der Waals surface area (Å²) < 4.78 is 5.55. The molecule has 1 saturated heterocycles. The maximum Gasteiger partial charge on any atom is 0.410 e. The van der Waals surface area contributed by atoms with Gasteiger partial charge in [-0.2, -0.15) is 0 Å². The van der Waals surface area contributed by atoms with Crippen molar-refractivity contribution in [2.24, 2.45) is 11.8 Å². The number of halogens is 1. The Hall–Kier alpha value is -2.80. The number of nitrogens with one attached hydrogen (secondary N) is 2. The van der Waals surface area contributed by atoms with E-state index in [9.17, 15) is 4.79 Å². The number of aromatic amines is 1. The van der Waals surface area contributed by atoms with Crippen LogP contribution in [0.25, 0.3) is 22.2 Å². The number of nitrogens with zero attached hydrogens (tertiary/aromatic N) is 3. The van der Waals surface area contributed by atoms with Gasteiger partial charge in [0.15, 0.2) is 0 Å². The van der Waals surface area contributed by atoms with E-state index in [-0.39, 0.29) is 6.09 Å². The topological polar surface area (TPSA) is 83.1 Å². The zero-order valence-electron chi connectivity index (χ0n) is 21.4. The Labute approximate surface area is 218 Å². The number of amides is 1. The van der Waals surface area contributed by atoms with Crippen molar-refractivity contribution in [3.8, 4) is 11.1 Å². The summed E-state index contributed by atoms with van der Waals surface area (Å²) in [6.45, 7) is 7.36. The summed E-state index contributed by atoms with van der Waals surface area (Å²) >= 11 is 6.42. The van der Waals surface area contributed by atoms with E-state index in [4.69, 9.17) is 16.3 Å². The van der Waals surface area contributed by atoms with Crippen LogP contribution in [0.2, 0.25) is 5.15 Å². The lowest BCUT2D eigenvalue weighted by Crippen LogP contribution is -2.43.